The Hall–Kier alpha value is -1.61. The summed E-state index contributed by atoms with van der Waals surface area (Å²) >= 11 is 0. The predicted octanol–water partition coefficient (Wildman–Crippen LogP) is 2.65. The number of likely N-dealkylation sites (tertiary alicyclic amines) is 1. The molecule has 0 spiro atoms. The normalized spacial score (nSPS) is 20.1. The fourth-order valence-corrected chi connectivity index (χ4v) is 4.39. The monoisotopic (exact) mass is 400 g/mol. The van der Waals surface area contributed by atoms with Crippen molar-refractivity contribution in [2.45, 2.75) is 83.4 Å². The maximum Gasteiger partial charge on any atom is 0.410 e. The Morgan fingerprint density at radius 1 is 1.41 bits per heavy atom. The molecule has 0 radical (unpaired) electrons. The second-order valence-corrected chi connectivity index (χ2v) is 10.5. The number of carbonyl (C=O) groups is 1. The van der Waals surface area contributed by atoms with Gasteiger partial charge in [0.25, 0.3) is 0 Å². The standard InChI is InChI=1S/C18H32N4O4S/c1-13-15(27(19,24)25)11-20-22(13)9-7-8-14-10-18(5,6)21(12-14)16(23)26-17(2,3)4/h11,14H,7-10,12H2,1-6H3,(H2,19,24,25)/t14-/m0/s1. The fourth-order valence-electron chi connectivity index (χ4n) is 3.68. The summed E-state index contributed by atoms with van der Waals surface area (Å²) in [5.41, 5.74) is -0.195. The molecule has 0 aliphatic carbocycles. The van der Waals surface area contributed by atoms with Gasteiger partial charge in [-0.3, -0.25) is 4.68 Å². The Morgan fingerprint density at radius 3 is 2.56 bits per heavy atom. The lowest BCUT2D eigenvalue weighted by molar-refractivity contribution is 0.0131. The van der Waals surface area contributed by atoms with Crippen molar-refractivity contribution < 1.29 is 17.9 Å². The zero-order valence-electron chi connectivity index (χ0n) is 17.2. The molecule has 1 atom stereocenters. The lowest BCUT2D eigenvalue weighted by Crippen LogP contribution is -2.45. The smallest absolute Gasteiger partial charge is 0.410 e. The van der Waals surface area contributed by atoms with Crippen LogP contribution in [0.25, 0.3) is 0 Å². The van der Waals surface area contributed by atoms with Crippen molar-refractivity contribution in [3.8, 4) is 0 Å². The van der Waals surface area contributed by atoms with Gasteiger partial charge in [0.15, 0.2) is 0 Å². The molecule has 1 fully saturated rings. The third-order valence-electron chi connectivity index (χ3n) is 4.92. The third-order valence-corrected chi connectivity index (χ3v) is 5.93. The van der Waals surface area contributed by atoms with E-state index in [0.717, 1.165) is 19.3 Å². The number of rotatable bonds is 5. The molecule has 0 saturated carbocycles. The number of hydrogen-bond donors (Lipinski definition) is 1. The molecule has 2 N–H and O–H groups in total. The molecular weight excluding hydrogens is 368 g/mol. The summed E-state index contributed by atoms with van der Waals surface area (Å²) in [5, 5.41) is 9.32. The first kappa shape index (κ1) is 21.7. The van der Waals surface area contributed by atoms with Gasteiger partial charge in [0.05, 0.1) is 11.9 Å². The molecule has 2 rings (SSSR count). The van der Waals surface area contributed by atoms with Crippen LogP contribution >= 0.6 is 0 Å². The molecule has 8 nitrogen and oxygen atoms in total. The van der Waals surface area contributed by atoms with Gasteiger partial charge in [0, 0.05) is 18.6 Å². The van der Waals surface area contributed by atoms with Gasteiger partial charge in [-0.05, 0) is 66.7 Å². The highest BCUT2D eigenvalue weighted by molar-refractivity contribution is 7.89. The van der Waals surface area contributed by atoms with Crippen LogP contribution in [0.3, 0.4) is 0 Å². The average Bonchev–Trinajstić information content (AvgIpc) is 2.97. The van der Waals surface area contributed by atoms with E-state index in [9.17, 15) is 13.2 Å². The van der Waals surface area contributed by atoms with E-state index in [4.69, 9.17) is 9.88 Å². The van der Waals surface area contributed by atoms with Crippen molar-refractivity contribution >= 4 is 16.1 Å². The van der Waals surface area contributed by atoms with E-state index in [1.54, 1.807) is 11.6 Å². The lowest BCUT2D eigenvalue weighted by atomic mass is 9.93. The van der Waals surface area contributed by atoms with Gasteiger partial charge in [-0.1, -0.05) is 0 Å². The van der Waals surface area contributed by atoms with Gasteiger partial charge in [0.2, 0.25) is 10.0 Å². The highest BCUT2D eigenvalue weighted by Crippen LogP contribution is 2.36. The number of primary sulfonamides is 1. The summed E-state index contributed by atoms with van der Waals surface area (Å²) in [4.78, 5) is 14.4. The number of sulfonamides is 1. The van der Waals surface area contributed by atoms with Crippen molar-refractivity contribution in [2.24, 2.45) is 11.1 Å². The molecular formula is C18H32N4O4S. The van der Waals surface area contributed by atoms with Gasteiger partial charge < -0.3 is 9.64 Å². The topological polar surface area (TPSA) is 108 Å². The molecule has 1 aliphatic rings. The third kappa shape index (κ3) is 5.44. The minimum Gasteiger partial charge on any atom is -0.444 e. The zero-order valence-corrected chi connectivity index (χ0v) is 18.0. The number of carbonyl (C=O) groups excluding carboxylic acids is 1. The van der Waals surface area contributed by atoms with E-state index in [1.165, 1.54) is 6.20 Å². The summed E-state index contributed by atoms with van der Waals surface area (Å²) in [6.07, 6.45) is 3.71. The fraction of sp³-hybridized carbons (Fsp3) is 0.778. The van der Waals surface area contributed by atoms with Crippen molar-refractivity contribution in [3.05, 3.63) is 11.9 Å². The number of nitrogens with two attached hydrogens (primary N) is 1. The van der Waals surface area contributed by atoms with Gasteiger partial charge in [-0.25, -0.2) is 18.4 Å². The van der Waals surface area contributed by atoms with Gasteiger partial charge in [0.1, 0.15) is 10.5 Å². The first-order valence-electron chi connectivity index (χ1n) is 9.26. The van der Waals surface area contributed by atoms with Crippen LogP contribution < -0.4 is 5.14 Å². The van der Waals surface area contributed by atoms with Crippen molar-refractivity contribution in [1.82, 2.24) is 14.7 Å². The second-order valence-electron chi connectivity index (χ2n) is 8.98. The molecule has 1 amide bonds. The van der Waals surface area contributed by atoms with Crippen LogP contribution in [0, 0.1) is 12.8 Å². The zero-order chi connectivity index (χ0) is 20.6. The van der Waals surface area contributed by atoms with E-state index in [2.05, 4.69) is 18.9 Å². The second kappa shape index (κ2) is 7.43. The van der Waals surface area contributed by atoms with E-state index in [0.29, 0.717) is 24.7 Å². The van der Waals surface area contributed by atoms with Crippen LogP contribution in [0.15, 0.2) is 11.1 Å². The Bertz CT molecular complexity index is 793. The van der Waals surface area contributed by atoms with Crippen molar-refractivity contribution in [2.75, 3.05) is 6.54 Å². The Morgan fingerprint density at radius 2 is 2.04 bits per heavy atom. The molecule has 2 heterocycles. The highest BCUT2D eigenvalue weighted by Gasteiger charge is 2.42. The molecule has 0 unspecified atom stereocenters. The molecule has 0 aromatic carbocycles. The lowest BCUT2D eigenvalue weighted by Gasteiger charge is -2.33. The average molecular weight is 401 g/mol. The summed E-state index contributed by atoms with van der Waals surface area (Å²) < 4.78 is 30.2. The van der Waals surface area contributed by atoms with Crippen molar-refractivity contribution in [3.63, 3.8) is 0 Å². The first-order chi connectivity index (χ1) is 12.2. The molecule has 1 aromatic rings. The summed E-state index contributed by atoms with van der Waals surface area (Å²) in [6.45, 7) is 12.7. The van der Waals surface area contributed by atoms with E-state index >= 15 is 0 Å². The number of hydrogen-bond acceptors (Lipinski definition) is 5. The summed E-state index contributed by atoms with van der Waals surface area (Å²) in [7, 11) is -3.74. The SMILES string of the molecule is Cc1c(S(N)(=O)=O)cnn1CCC[C@@H]1CN(C(=O)OC(C)(C)C)C(C)(C)C1. The maximum absolute atomic E-state index is 12.5. The Kier molecular flexibility index (Phi) is 5.96. The first-order valence-corrected chi connectivity index (χ1v) is 10.8. The number of nitrogens with zero attached hydrogens (tertiary/aromatic N) is 3. The van der Waals surface area contributed by atoms with Crippen LogP contribution in [0.4, 0.5) is 4.79 Å². The van der Waals surface area contributed by atoms with Gasteiger partial charge in [-0.15, -0.1) is 0 Å². The minimum atomic E-state index is -3.74. The highest BCUT2D eigenvalue weighted by atomic mass is 32.2. The predicted molar refractivity (Wildman–Crippen MR) is 103 cm³/mol. The molecule has 0 bridgehead atoms. The maximum atomic E-state index is 12.5. The van der Waals surface area contributed by atoms with Crippen LogP contribution in [-0.2, 0) is 21.3 Å². The van der Waals surface area contributed by atoms with Crippen LogP contribution in [-0.4, -0.2) is 46.9 Å². The molecule has 1 aliphatic heterocycles. The number of aromatic nitrogens is 2. The Labute approximate surface area is 162 Å². The number of amides is 1. The molecule has 27 heavy (non-hydrogen) atoms. The van der Waals surface area contributed by atoms with Crippen LogP contribution in [0.2, 0.25) is 0 Å². The van der Waals surface area contributed by atoms with Gasteiger partial charge >= 0.3 is 6.09 Å². The minimum absolute atomic E-state index is 0.0700. The molecule has 9 heteroatoms. The van der Waals surface area contributed by atoms with E-state index < -0.39 is 15.6 Å². The Balaban J connectivity index is 1.93. The largest absolute Gasteiger partial charge is 0.444 e. The number of aryl methyl sites for hydroxylation is 1. The molecule has 1 aromatic heterocycles. The van der Waals surface area contributed by atoms with Crippen LogP contribution in [0.5, 0.6) is 0 Å². The van der Waals surface area contributed by atoms with Gasteiger partial charge in [-0.2, -0.15) is 5.10 Å². The van der Waals surface area contributed by atoms with Crippen LogP contribution in [0.1, 0.15) is 59.6 Å². The quantitative estimate of drug-likeness (QED) is 0.817. The summed E-state index contributed by atoms with van der Waals surface area (Å²) in [5.74, 6) is 0.376. The van der Waals surface area contributed by atoms with E-state index in [-0.39, 0.29) is 16.5 Å². The van der Waals surface area contributed by atoms with E-state index in [1.807, 2.05) is 25.7 Å². The summed E-state index contributed by atoms with van der Waals surface area (Å²) in [6, 6.07) is 0. The number of ether oxygens (including phenoxy) is 1. The molecule has 154 valence electrons. The molecule has 1 saturated heterocycles. The van der Waals surface area contributed by atoms with Crippen molar-refractivity contribution in [1.29, 1.82) is 0 Å².